The number of hydrogen-bond acceptors (Lipinski definition) is 4. The van der Waals surface area contributed by atoms with Crippen LogP contribution in [0.2, 0.25) is 0 Å². The van der Waals surface area contributed by atoms with Gasteiger partial charge in [-0.05, 0) is 61.1 Å². The molecule has 0 aromatic heterocycles. The third-order valence-corrected chi connectivity index (χ3v) is 5.85. The van der Waals surface area contributed by atoms with Crippen LogP contribution in [0.1, 0.15) is 36.9 Å². The van der Waals surface area contributed by atoms with Crippen LogP contribution in [-0.4, -0.2) is 28.0 Å². The summed E-state index contributed by atoms with van der Waals surface area (Å²) in [5, 5.41) is 11.5. The number of nitrogens with zero attached hydrogens (tertiary/aromatic N) is 1. The van der Waals surface area contributed by atoms with Crippen molar-refractivity contribution >= 4 is 16.0 Å². The molecule has 162 valence electrons. The number of halogens is 1. The molecule has 1 atom stereocenters. The summed E-state index contributed by atoms with van der Waals surface area (Å²) in [6.07, 6.45) is 2.31. The van der Waals surface area contributed by atoms with E-state index in [1.807, 2.05) is 13.0 Å². The molecular weight excluding hydrogens is 407 g/mol. The van der Waals surface area contributed by atoms with Crippen LogP contribution >= 0.6 is 0 Å². The Morgan fingerprint density at radius 1 is 1.27 bits per heavy atom. The molecule has 3 rings (SSSR count). The Hall–Kier alpha value is -2.65. The van der Waals surface area contributed by atoms with Gasteiger partial charge in [0.2, 0.25) is 10.0 Å². The van der Waals surface area contributed by atoms with Crippen molar-refractivity contribution in [2.24, 2.45) is 16.0 Å². The van der Waals surface area contributed by atoms with Crippen LogP contribution in [0.4, 0.5) is 4.39 Å². The van der Waals surface area contributed by atoms with Gasteiger partial charge in [0, 0.05) is 13.6 Å². The van der Waals surface area contributed by atoms with Gasteiger partial charge in [-0.25, -0.2) is 17.9 Å². The number of sulfonamides is 1. The van der Waals surface area contributed by atoms with Gasteiger partial charge in [-0.3, -0.25) is 4.99 Å². The first-order valence-corrected chi connectivity index (χ1v) is 11.3. The zero-order valence-electron chi connectivity index (χ0n) is 17.1. The number of primary sulfonamides is 1. The van der Waals surface area contributed by atoms with Crippen LogP contribution in [0.25, 0.3) is 0 Å². The average molecular weight is 435 g/mol. The molecule has 1 fully saturated rings. The lowest BCUT2D eigenvalue weighted by molar-refractivity contribution is 0.285. The first-order chi connectivity index (χ1) is 14.3. The molecule has 0 heterocycles. The Balaban J connectivity index is 1.55. The number of nitrogens with one attached hydrogen (secondary N) is 2. The fourth-order valence-corrected chi connectivity index (χ4v) is 3.38. The van der Waals surface area contributed by atoms with E-state index < -0.39 is 10.0 Å². The molecule has 0 bridgehead atoms. The van der Waals surface area contributed by atoms with E-state index in [1.165, 1.54) is 18.2 Å². The topological polar surface area (TPSA) is 106 Å². The summed E-state index contributed by atoms with van der Waals surface area (Å²) in [7, 11) is -2.07. The first kappa shape index (κ1) is 22.0. The van der Waals surface area contributed by atoms with Gasteiger partial charge < -0.3 is 15.4 Å². The molecule has 1 aliphatic rings. The molecule has 0 spiro atoms. The van der Waals surface area contributed by atoms with Gasteiger partial charge in [-0.2, -0.15) is 0 Å². The SMILES string of the molecule is CN=C(NCc1ccc(S(N)(=O)=O)cc1)NC(C)c1ccc(OCC2CC2)c(F)c1. The van der Waals surface area contributed by atoms with Crippen LogP contribution in [-0.2, 0) is 16.6 Å². The standard InChI is InChI=1S/C21H27FN4O3S/c1-14(17-7-10-20(19(22)11-17)29-13-16-3-4-16)26-21(24-2)25-12-15-5-8-18(9-6-15)30(23,27)28/h5-11,14,16H,3-4,12-13H2,1-2H3,(H2,23,27,28)(H2,24,25,26). The van der Waals surface area contributed by atoms with Crippen molar-refractivity contribution in [3.63, 3.8) is 0 Å². The number of ether oxygens (including phenoxy) is 1. The van der Waals surface area contributed by atoms with E-state index in [-0.39, 0.29) is 22.5 Å². The van der Waals surface area contributed by atoms with Crippen molar-refractivity contribution in [3.05, 3.63) is 59.4 Å². The first-order valence-electron chi connectivity index (χ1n) is 9.77. The molecule has 30 heavy (non-hydrogen) atoms. The Bertz CT molecular complexity index is 1010. The molecule has 7 nitrogen and oxygen atoms in total. The smallest absolute Gasteiger partial charge is 0.238 e. The number of rotatable bonds is 8. The normalized spacial score (nSPS) is 15.5. The Labute approximate surface area is 176 Å². The fourth-order valence-electron chi connectivity index (χ4n) is 2.86. The Kier molecular flexibility index (Phi) is 6.94. The predicted octanol–water partition coefficient (Wildman–Crippen LogP) is 2.69. The Morgan fingerprint density at radius 2 is 1.97 bits per heavy atom. The number of aliphatic imine (C=N–C) groups is 1. The highest BCUT2D eigenvalue weighted by atomic mass is 32.2. The van der Waals surface area contributed by atoms with Gasteiger partial charge in [0.15, 0.2) is 17.5 Å². The lowest BCUT2D eigenvalue weighted by Crippen LogP contribution is -2.38. The maximum Gasteiger partial charge on any atom is 0.238 e. The van der Waals surface area contributed by atoms with E-state index in [0.717, 1.165) is 24.0 Å². The number of guanidine groups is 1. The molecule has 1 saturated carbocycles. The average Bonchev–Trinajstić information content (AvgIpc) is 3.54. The molecule has 0 amide bonds. The second-order valence-electron chi connectivity index (χ2n) is 7.42. The molecule has 2 aromatic rings. The number of nitrogens with two attached hydrogens (primary N) is 1. The van der Waals surface area contributed by atoms with E-state index in [9.17, 15) is 12.8 Å². The fraction of sp³-hybridized carbons (Fsp3) is 0.381. The third kappa shape index (κ3) is 6.17. The van der Waals surface area contributed by atoms with E-state index in [1.54, 1.807) is 25.2 Å². The predicted molar refractivity (Wildman–Crippen MR) is 114 cm³/mol. The summed E-state index contributed by atoms with van der Waals surface area (Å²) in [6.45, 7) is 2.91. The van der Waals surface area contributed by atoms with Gasteiger partial charge in [0.1, 0.15) is 0 Å². The van der Waals surface area contributed by atoms with Crippen molar-refractivity contribution in [3.8, 4) is 5.75 Å². The number of hydrogen-bond donors (Lipinski definition) is 3. The summed E-state index contributed by atoms with van der Waals surface area (Å²) in [5.41, 5.74) is 1.63. The van der Waals surface area contributed by atoms with Crippen LogP contribution in [0, 0.1) is 11.7 Å². The van der Waals surface area contributed by atoms with E-state index in [4.69, 9.17) is 9.88 Å². The molecule has 0 radical (unpaired) electrons. The van der Waals surface area contributed by atoms with Crippen molar-refractivity contribution in [2.45, 2.75) is 37.2 Å². The minimum absolute atomic E-state index is 0.0639. The van der Waals surface area contributed by atoms with Gasteiger partial charge in [-0.1, -0.05) is 18.2 Å². The molecular formula is C21H27FN4O3S. The van der Waals surface area contributed by atoms with Gasteiger partial charge in [0.25, 0.3) is 0 Å². The largest absolute Gasteiger partial charge is 0.490 e. The highest BCUT2D eigenvalue weighted by molar-refractivity contribution is 7.89. The second kappa shape index (κ2) is 9.44. The molecule has 4 N–H and O–H groups in total. The molecule has 2 aromatic carbocycles. The summed E-state index contributed by atoms with van der Waals surface area (Å²) in [4.78, 5) is 4.25. The van der Waals surface area contributed by atoms with E-state index in [0.29, 0.717) is 25.0 Å². The Morgan fingerprint density at radius 3 is 2.53 bits per heavy atom. The zero-order valence-corrected chi connectivity index (χ0v) is 17.9. The van der Waals surface area contributed by atoms with Crippen LogP contribution < -0.4 is 20.5 Å². The molecule has 0 saturated heterocycles. The van der Waals surface area contributed by atoms with Crippen molar-refractivity contribution in [2.75, 3.05) is 13.7 Å². The van der Waals surface area contributed by atoms with E-state index >= 15 is 0 Å². The summed E-state index contributed by atoms with van der Waals surface area (Å²) in [6, 6.07) is 11.1. The van der Waals surface area contributed by atoms with Crippen molar-refractivity contribution < 1.29 is 17.5 Å². The monoisotopic (exact) mass is 434 g/mol. The molecule has 1 aliphatic carbocycles. The van der Waals surface area contributed by atoms with Crippen LogP contribution in [0.15, 0.2) is 52.4 Å². The zero-order chi connectivity index (χ0) is 21.7. The minimum Gasteiger partial charge on any atom is -0.490 e. The van der Waals surface area contributed by atoms with Gasteiger partial charge in [-0.15, -0.1) is 0 Å². The van der Waals surface area contributed by atoms with Crippen LogP contribution in [0.5, 0.6) is 5.75 Å². The molecule has 0 aliphatic heterocycles. The second-order valence-corrected chi connectivity index (χ2v) is 8.99. The molecule has 9 heteroatoms. The highest BCUT2D eigenvalue weighted by Crippen LogP contribution is 2.30. The number of benzene rings is 2. The van der Waals surface area contributed by atoms with Crippen molar-refractivity contribution in [1.82, 2.24) is 10.6 Å². The summed E-state index contributed by atoms with van der Waals surface area (Å²) in [5.74, 6) is 1.01. The highest BCUT2D eigenvalue weighted by Gasteiger charge is 2.22. The third-order valence-electron chi connectivity index (χ3n) is 4.92. The van der Waals surface area contributed by atoms with Gasteiger partial charge in [0.05, 0.1) is 17.5 Å². The maximum absolute atomic E-state index is 14.3. The van der Waals surface area contributed by atoms with Crippen molar-refractivity contribution in [1.29, 1.82) is 0 Å². The summed E-state index contributed by atoms with van der Waals surface area (Å²) >= 11 is 0. The quantitative estimate of drug-likeness (QED) is 0.438. The van der Waals surface area contributed by atoms with Gasteiger partial charge >= 0.3 is 0 Å². The minimum atomic E-state index is -3.71. The van der Waals surface area contributed by atoms with E-state index in [2.05, 4.69) is 15.6 Å². The lowest BCUT2D eigenvalue weighted by Gasteiger charge is -2.19. The molecule has 1 unspecified atom stereocenters. The van der Waals surface area contributed by atoms with Crippen LogP contribution in [0.3, 0.4) is 0 Å². The lowest BCUT2D eigenvalue weighted by atomic mass is 10.1. The summed E-state index contributed by atoms with van der Waals surface area (Å²) < 4.78 is 42.5. The maximum atomic E-state index is 14.3.